The molecule has 4 N–H and O–H groups in total. The highest BCUT2D eigenvalue weighted by atomic mass is 16.3. The maximum Gasteiger partial charge on any atom is 0.319 e. The van der Waals surface area contributed by atoms with Gasteiger partial charge in [-0.15, -0.1) is 0 Å². The Labute approximate surface area is 157 Å². The van der Waals surface area contributed by atoms with E-state index in [9.17, 15) is 14.4 Å². The topological polar surface area (TPSA) is 112 Å². The van der Waals surface area contributed by atoms with Crippen molar-refractivity contribution in [1.29, 1.82) is 0 Å². The summed E-state index contributed by atoms with van der Waals surface area (Å²) in [7, 11) is 0. The van der Waals surface area contributed by atoms with Gasteiger partial charge in [-0.2, -0.15) is 0 Å². The van der Waals surface area contributed by atoms with Gasteiger partial charge in [-0.25, -0.2) is 4.79 Å². The zero-order valence-corrected chi connectivity index (χ0v) is 15.6. The summed E-state index contributed by atoms with van der Waals surface area (Å²) in [5.41, 5.74) is 0.586. The molecular formula is C19H24N4O4. The van der Waals surface area contributed by atoms with E-state index in [4.69, 9.17) is 4.42 Å². The Morgan fingerprint density at radius 3 is 2.11 bits per heavy atom. The molecule has 1 aromatic carbocycles. The number of hydrogen-bond acceptors (Lipinski definition) is 4. The van der Waals surface area contributed by atoms with Crippen LogP contribution in [0.2, 0.25) is 0 Å². The van der Waals surface area contributed by atoms with Gasteiger partial charge in [0.15, 0.2) is 0 Å². The lowest BCUT2D eigenvalue weighted by Gasteiger charge is -2.17. The lowest BCUT2D eigenvalue weighted by molar-refractivity contribution is -0.130. The predicted octanol–water partition coefficient (Wildman–Crippen LogP) is 2.70. The highest BCUT2D eigenvalue weighted by Crippen LogP contribution is 2.14. The minimum absolute atomic E-state index is 0.106. The van der Waals surface area contributed by atoms with Crippen LogP contribution in [0.5, 0.6) is 0 Å². The average Bonchev–Trinajstić information content (AvgIpc) is 3.12. The van der Waals surface area contributed by atoms with Crippen LogP contribution in [-0.2, 0) is 16.1 Å². The number of urea groups is 1. The molecule has 0 saturated carbocycles. The summed E-state index contributed by atoms with van der Waals surface area (Å²) < 4.78 is 5.13. The Bertz CT molecular complexity index is 777. The van der Waals surface area contributed by atoms with Gasteiger partial charge in [-0.1, -0.05) is 20.8 Å². The maximum absolute atomic E-state index is 11.9. The minimum atomic E-state index is -0.550. The van der Waals surface area contributed by atoms with Crippen LogP contribution in [0, 0.1) is 5.41 Å². The molecule has 2 rings (SSSR count). The van der Waals surface area contributed by atoms with Crippen molar-refractivity contribution in [3.63, 3.8) is 0 Å². The Morgan fingerprint density at radius 1 is 0.926 bits per heavy atom. The fourth-order valence-electron chi connectivity index (χ4n) is 2.02. The van der Waals surface area contributed by atoms with Gasteiger partial charge in [0.2, 0.25) is 11.8 Å². The van der Waals surface area contributed by atoms with Crippen LogP contribution >= 0.6 is 0 Å². The molecule has 0 unspecified atom stereocenters. The second-order valence-electron chi connectivity index (χ2n) is 6.95. The Kier molecular flexibility index (Phi) is 6.59. The summed E-state index contributed by atoms with van der Waals surface area (Å²) in [6.45, 7) is 5.50. The quantitative estimate of drug-likeness (QED) is 0.624. The molecule has 1 aromatic heterocycles. The fraction of sp³-hybridized carbons (Fsp3) is 0.316. The van der Waals surface area contributed by atoms with E-state index in [1.54, 1.807) is 57.2 Å². The van der Waals surface area contributed by atoms with Gasteiger partial charge in [0.25, 0.3) is 0 Å². The molecule has 0 aliphatic rings. The van der Waals surface area contributed by atoms with Crippen molar-refractivity contribution in [2.45, 2.75) is 27.3 Å². The summed E-state index contributed by atoms with van der Waals surface area (Å²) in [5, 5.41) is 10.6. The van der Waals surface area contributed by atoms with E-state index in [-0.39, 0.29) is 30.9 Å². The number of benzene rings is 1. The van der Waals surface area contributed by atoms with Crippen molar-refractivity contribution in [2.75, 3.05) is 17.2 Å². The van der Waals surface area contributed by atoms with E-state index < -0.39 is 5.41 Å². The largest absolute Gasteiger partial charge is 0.467 e. The second-order valence-corrected chi connectivity index (χ2v) is 6.95. The third-order valence-corrected chi connectivity index (χ3v) is 3.52. The number of carbonyl (C=O) groups is 3. The second kappa shape index (κ2) is 8.88. The van der Waals surface area contributed by atoms with Crippen LogP contribution in [0.3, 0.4) is 0 Å². The molecule has 1 heterocycles. The highest BCUT2D eigenvalue weighted by Gasteiger charge is 2.21. The Hall–Kier alpha value is -3.29. The standard InChI is InChI=1S/C19H24N4O4/c1-19(2,3)17(25)20-12-16(24)22-13-6-8-14(9-7-13)23-18(26)21-11-15-5-4-10-27-15/h4-10H,11-12H2,1-3H3,(H,20,25)(H,22,24)(H2,21,23,26). The summed E-state index contributed by atoms with van der Waals surface area (Å²) in [6.07, 6.45) is 1.54. The number of rotatable bonds is 6. The third-order valence-electron chi connectivity index (χ3n) is 3.52. The molecule has 0 spiro atoms. The van der Waals surface area contributed by atoms with E-state index in [1.807, 2.05) is 0 Å². The van der Waals surface area contributed by atoms with Gasteiger partial charge in [-0.05, 0) is 36.4 Å². The SMILES string of the molecule is CC(C)(C)C(=O)NCC(=O)Nc1ccc(NC(=O)NCc2ccco2)cc1. The van der Waals surface area contributed by atoms with E-state index >= 15 is 0 Å². The molecule has 0 atom stereocenters. The average molecular weight is 372 g/mol. The summed E-state index contributed by atoms with van der Waals surface area (Å²) in [6, 6.07) is 9.79. The molecule has 8 nitrogen and oxygen atoms in total. The normalized spacial score (nSPS) is 10.8. The molecule has 8 heteroatoms. The van der Waals surface area contributed by atoms with Gasteiger partial charge < -0.3 is 25.7 Å². The molecule has 27 heavy (non-hydrogen) atoms. The van der Waals surface area contributed by atoms with Gasteiger partial charge >= 0.3 is 6.03 Å². The molecule has 2 aromatic rings. The molecule has 4 amide bonds. The first-order chi connectivity index (χ1) is 12.7. The predicted molar refractivity (Wildman–Crippen MR) is 102 cm³/mol. The number of amides is 4. The van der Waals surface area contributed by atoms with Crippen LogP contribution in [0.25, 0.3) is 0 Å². The number of nitrogens with one attached hydrogen (secondary N) is 4. The van der Waals surface area contributed by atoms with Crippen molar-refractivity contribution in [2.24, 2.45) is 5.41 Å². The van der Waals surface area contributed by atoms with E-state index in [0.717, 1.165) is 0 Å². The maximum atomic E-state index is 11.9. The molecule has 0 aliphatic carbocycles. The van der Waals surface area contributed by atoms with Crippen LogP contribution in [-0.4, -0.2) is 24.4 Å². The number of anilines is 2. The van der Waals surface area contributed by atoms with Crippen molar-refractivity contribution < 1.29 is 18.8 Å². The fourth-order valence-corrected chi connectivity index (χ4v) is 2.02. The van der Waals surface area contributed by atoms with E-state index in [0.29, 0.717) is 17.1 Å². The number of hydrogen-bond donors (Lipinski definition) is 4. The van der Waals surface area contributed by atoms with Crippen molar-refractivity contribution in [3.8, 4) is 0 Å². The van der Waals surface area contributed by atoms with Crippen molar-refractivity contribution in [3.05, 3.63) is 48.4 Å². The lowest BCUT2D eigenvalue weighted by Crippen LogP contribution is -2.39. The summed E-state index contributed by atoms with van der Waals surface area (Å²) in [5.74, 6) is 0.129. The van der Waals surface area contributed by atoms with Crippen LogP contribution < -0.4 is 21.3 Å². The number of furan rings is 1. The first-order valence-electron chi connectivity index (χ1n) is 8.49. The highest BCUT2D eigenvalue weighted by molar-refractivity contribution is 5.95. The van der Waals surface area contributed by atoms with Gasteiger partial charge in [0, 0.05) is 16.8 Å². The van der Waals surface area contributed by atoms with Crippen LogP contribution in [0.4, 0.5) is 16.2 Å². The first-order valence-corrected chi connectivity index (χ1v) is 8.49. The zero-order chi connectivity index (χ0) is 19.9. The molecular weight excluding hydrogens is 348 g/mol. The van der Waals surface area contributed by atoms with E-state index in [2.05, 4.69) is 21.3 Å². The van der Waals surface area contributed by atoms with Crippen LogP contribution in [0.1, 0.15) is 26.5 Å². The molecule has 0 aliphatic heterocycles. The van der Waals surface area contributed by atoms with Crippen molar-refractivity contribution >= 4 is 29.2 Å². The molecule has 0 radical (unpaired) electrons. The monoisotopic (exact) mass is 372 g/mol. The molecule has 0 saturated heterocycles. The van der Waals surface area contributed by atoms with Crippen LogP contribution in [0.15, 0.2) is 47.1 Å². The lowest BCUT2D eigenvalue weighted by atomic mass is 9.96. The Balaban J connectivity index is 1.76. The molecule has 144 valence electrons. The first kappa shape index (κ1) is 20.0. The minimum Gasteiger partial charge on any atom is -0.467 e. The Morgan fingerprint density at radius 2 is 1.56 bits per heavy atom. The summed E-state index contributed by atoms with van der Waals surface area (Å²) >= 11 is 0. The molecule has 0 bridgehead atoms. The molecule has 0 fully saturated rings. The third kappa shape index (κ3) is 6.85. The van der Waals surface area contributed by atoms with Gasteiger partial charge in [-0.3, -0.25) is 9.59 Å². The van der Waals surface area contributed by atoms with E-state index in [1.165, 1.54) is 6.26 Å². The van der Waals surface area contributed by atoms with Gasteiger partial charge in [0.05, 0.1) is 19.4 Å². The zero-order valence-electron chi connectivity index (χ0n) is 15.6. The van der Waals surface area contributed by atoms with Crippen molar-refractivity contribution in [1.82, 2.24) is 10.6 Å². The van der Waals surface area contributed by atoms with Gasteiger partial charge in [0.1, 0.15) is 5.76 Å². The number of carbonyl (C=O) groups excluding carboxylic acids is 3. The summed E-state index contributed by atoms with van der Waals surface area (Å²) in [4.78, 5) is 35.5. The smallest absolute Gasteiger partial charge is 0.319 e.